The number of carbonyl (C=O) groups excluding carboxylic acids is 1. The molecule has 0 radical (unpaired) electrons. The van der Waals surface area contributed by atoms with E-state index in [9.17, 15) is 26.4 Å². The number of hydrogen-bond acceptors (Lipinski definition) is 3. The summed E-state index contributed by atoms with van der Waals surface area (Å²) in [6.07, 6.45) is 1.45. The van der Waals surface area contributed by atoms with Gasteiger partial charge in [-0.3, -0.25) is 4.79 Å². The minimum atomic E-state index is -4.14. The zero-order chi connectivity index (χ0) is 20.0. The molecule has 0 heterocycles. The van der Waals surface area contributed by atoms with Gasteiger partial charge in [0.2, 0.25) is 10.0 Å². The predicted molar refractivity (Wildman–Crippen MR) is 94.2 cm³/mol. The van der Waals surface area contributed by atoms with Gasteiger partial charge in [0.1, 0.15) is 22.3 Å². The quantitative estimate of drug-likeness (QED) is 0.671. The molecule has 0 unspecified atom stereocenters. The highest BCUT2D eigenvalue weighted by Gasteiger charge is 2.20. The molecule has 0 bridgehead atoms. The van der Waals surface area contributed by atoms with E-state index in [1.807, 2.05) is 0 Å². The van der Waals surface area contributed by atoms with Gasteiger partial charge in [-0.1, -0.05) is 6.08 Å². The lowest BCUT2D eigenvalue weighted by Gasteiger charge is -2.09. The summed E-state index contributed by atoms with van der Waals surface area (Å²) in [5.74, 6) is -3.10. The van der Waals surface area contributed by atoms with Crippen LogP contribution in [0.4, 0.5) is 13.2 Å². The maximum atomic E-state index is 13.9. The van der Waals surface area contributed by atoms with Crippen molar-refractivity contribution in [2.75, 3.05) is 13.1 Å². The Labute approximate surface area is 155 Å². The standard InChI is InChI=1S/C18H17F3N2O3S/c1-2-6-23-27(25,26)17-10-13(3-4-16(17)21)18(24)22-7-5-12-8-14(19)11-15(20)9-12/h2-4,8-11,23H,1,5-7H2,(H,22,24). The predicted octanol–water partition coefficient (Wildman–Crippen LogP) is 2.54. The fourth-order valence-electron chi connectivity index (χ4n) is 2.27. The molecule has 9 heteroatoms. The maximum Gasteiger partial charge on any atom is 0.251 e. The molecule has 0 aliphatic heterocycles. The van der Waals surface area contributed by atoms with Crippen molar-refractivity contribution in [1.82, 2.24) is 10.0 Å². The average Bonchev–Trinajstić information content (AvgIpc) is 2.59. The summed E-state index contributed by atoms with van der Waals surface area (Å²) >= 11 is 0. The van der Waals surface area contributed by atoms with E-state index in [1.54, 1.807) is 0 Å². The van der Waals surface area contributed by atoms with Gasteiger partial charge in [0.05, 0.1) is 0 Å². The molecular formula is C18H17F3N2O3S. The Morgan fingerprint density at radius 3 is 2.37 bits per heavy atom. The van der Waals surface area contributed by atoms with Crippen LogP contribution < -0.4 is 10.0 Å². The van der Waals surface area contributed by atoms with Gasteiger partial charge in [-0.2, -0.15) is 0 Å². The fraction of sp³-hybridized carbons (Fsp3) is 0.167. The monoisotopic (exact) mass is 398 g/mol. The summed E-state index contributed by atoms with van der Waals surface area (Å²) in [4.78, 5) is 11.5. The molecule has 0 spiro atoms. The van der Waals surface area contributed by atoms with Gasteiger partial charge < -0.3 is 5.32 Å². The Morgan fingerprint density at radius 1 is 1.07 bits per heavy atom. The van der Waals surface area contributed by atoms with Crippen LogP contribution in [0.25, 0.3) is 0 Å². The zero-order valence-corrected chi connectivity index (χ0v) is 15.0. The molecule has 0 aliphatic carbocycles. The van der Waals surface area contributed by atoms with E-state index in [1.165, 1.54) is 6.08 Å². The number of nitrogens with one attached hydrogen (secondary N) is 2. The normalized spacial score (nSPS) is 11.2. The van der Waals surface area contributed by atoms with Crippen molar-refractivity contribution in [1.29, 1.82) is 0 Å². The number of hydrogen-bond donors (Lipinski definition) is 2. The third-order valence-corrected chi connectivity index (χ3v) is 4.96. The SMILES string of the molecule is C=CCNS(=O)(=O)c1cc(C(=O)NCCc2cc(F)cc(F)c2)ccc1F. The van der Waals surface area contributed by atoms with Crippen LogP contribution in [0.3, 0.4) is 0 Å². The second kappa shape index (κ2) is 8.83. The summed E-state index contributed by atoms with van der Waals surface area (Å²) in [7, 11) is -4.14. The maximum absolute atomic E-state index is 13.9. The molecule has 5 nitrogen and oxygen atoms in total. The number of amides is 1. The summed E-state index contributed by atoms with van der Waals surface area (Å²) < 4.78 is 66.3. The van der Waals surface area contributed by atoms with Crippen molar-refractivity contribution < 1.29 is 26.4 Å². The second-order valence-electron chi connectivity index (χ2n) is 5.57. The van der Waals surface area contributed by atoms with Crippen LogP contribution in [0.2, 0.25) is 0 Å². The van der Waals surface area contributed by atoms with Crippen molar-refractivity contribution >= 4 is 15.9 Å². The van der Waals surface area contributed by atoms with E-state index in [-0.39, 0.29) is 25.1 Å². The van der Waals surface area contributed by atoms with Gasteiger partial charge in [-0.05, 0) is 42.3 Å². The van der Waals surface area contributed by atoms with E-state index in [4.69, 9.17) is 0 Å². The van der Waals surface area contributed by atoms with Gasteiger partial charge in [-0.15, -0.1) is 6.58 Å². The van der Waals surface area contributed by atoms with Crippen molar-refractivity contribution in [3.8, 4) is 0 Å². The summed E-state index contributed by atoms with van der Waals surface area (Å²) in [6, 6.07) is 5.95. The number of rotatable bonds is 8. The minimum absolute atomic E-state index is 0.0515. The van der Waals surface area contributed by atoms with Crippen LogP contribution >= 0.6 is 0 Å². The third-order valence-electron chi connectivity index (χ3n) is 3.52. The molecule has 0 saturated carbocycles. The van der Waals surface area contributed by atoms with E-state index in [0.29, 0.717) is 5.56 Å². The second-order valence-corrected chi connectivity index (χ2v) is 7.30. The average molecular weight is 398 g/mol. The van der Waals surface area contributed by atoms with Gasteiger partial charge in [0.25, 0.3) is 5.91 Å². The van der Waals surface area contributed by atoms with E-state index >= 15 is 0 Å². The molecule has 0 atom stereocenters. The first-order valence-corrected chi connectivity index (χ1v) is 9.34. The minimum Gasteiger partial charge on any atom is -0.352 e. The van der Waals surface area contributed by atoms with Gasteiger partial charge in [0, 0.05) is 24.7 Å². The molecule has 2 aromatic rings. The third kappa shape index (κ3) is 5.66. The van der Waals surface area contributed by atoms with Crippen LogP contribution in [0, 0.1) is 17.5 Å². The van der Waals surface area contributed by atoms with Crippen LogP contribution in [0.15, 0.2) is 53.9 Å². The highest BCUT2D eigenvalue weighted by atomic mass is 32.2. The van der Waals surface area contributed by atoms with Crippen LogP contribution in [0.5, 0.6) is 0 Å². The number of carbonyl (C=O) groups is 1. The lowest BCUT2D eigenvalue weighted by atomic mass is 10.1. The molecule has 0 aliphatic rings. The summed E-state index contributed by atoms with van der Waals surface area (Å²) in [5.41, 5.74) is 0.282. The van der Waals surface area contributed by atoms with Crippen LogP contribution in [-0.2, 0) is 16.4 Å². The van der Waals surface area contributed by atoms with Crippen molar-refractivity contribution in [2.24, 2.45) is 0 Å². The smallest absolute Gasteiger partial charge is 0.251 e. The zero-order valence-electron chi connectivity index (χ0n) is 14.1. The van der Waals surface area contributed by atoms with E-state index in [0.717, 1.165) is 36.4 Å². The molecule has 2 N–H and O–H groups in total. The van der Waals surface area contributed by atoms with Gasteiger partial charge in [-0.25, -0.2) is 26.3 Å². The Bertz CT molecular complexity index is 942. The molecule has 2 rings (SSSR count). The fourth-order valence-corrected chi connectivity index (χ4v) is 3.37. The first kappa shape index (κ1) is 20.7. The number of benzene rings is 2. The van der Waals surface area contributed by atoms with E-state index < -0.39 is 38.3 Å². The van der Waals surface area contributed by atoms with Gasteiger partial charge in [0.15, 0.2) is 0 Å². The molecular weight excluding hydrogens is 381 g/mol. The topological polar surface area (TPSA) is 75.3 Å². The van der Waals surface area contributed by atoms with Gasteiger partial charge >= 0.3 is 0 Å². The van der Waals surface area contributed by atoms with Crippen molar-refractivity contribution in [2.45, 2.75) is 11.3 Å². The molecule has 1 amide bonds. The molecule has 144 valence electrons. The number of halogens is 3. The van der Waals surface area contributed by atoms with E-state index in [2.05, 4.69) is 16.6 Å². The molecule has 0 saturated heterocycles. The summed E-state index contributed by atoms with van der Waals surface area (Å²) in [5, 5.41) is 2.49. The van der Waals surface area contributed by atoms with Crippen molar-refractivity contribution in [3.63, 3.8) is 0 Å². The Hall–Kier alpha value is -2.65. The first-order chi connectivity index (χ1) is 12.7. The Kier molecular flexibility index (Phi) is 6.75. The molecule has 0 aromatic heterocycles. The lowest BCUT2D eigenvalue weighted by molar-refractivity contribution is 0.0954. The Morgan fingerprint density at radius 2 is 1.74 bits per heavy atom. The highest BCUT2D eigenvalue weighted by Crippen LogP contribution is 2.16. The summed E-state index contributed by atoms with van der Waals surface area (Å²) in [6.45, 7) is 3.32. The van der Waals surface area contributed by atoms with Crippen molar-refractivity contribution in [3.05, 3.63) is 77.6 Å². The molecule has 0 fully saturated rings. The molecule has 2 aromatic carbocycles. The van der Waals surface area contributed by atoms with Crippen LogP contribution in [-0.4, -0.2) is 27.4 Å². The highest BCUT2D eigenvalue weighted by molar-refractivity contribution is 7.89. The first-order valence-electron chi connectivity index (χ1n) is 7.86. The Balaban J connectivity index is 2.08. The number of sulfonamides is 1. The largest absolute Gasteiger partial charge is 0.352 e. The van der Waals surface area contributed by atoms with Crippen LogP contribution in [0.1, 0.15) is 15.9 Å². The lowest BCUT2D eigenvalue weighted by Crippen LogP contribution is -2.27. The molecule has 27 heavy (non-hydrogen) atoms.